The first-order valence-corrected chi connectivity index (χ1v) is 7.36. The quantitative estimate of drug-likeness (QED) is 0.918. The van der Waals surface area contributed by atoms with Crippen molar-refractivity contribution in [3.05, 3.63) is 47.0 Å². The predicted octanol–water partition coefficient (Wildman–Crippen LogP) is 3.54. The number of imidazole rings is 1. The lowest BCUT2D eigenvalue weighted by atomic mass is 10.1. The summed E-state index contributed by atoms with van der Waals surface area (Å²) < 4.78 is 7.53. The highest BCUT2D eigenvalue weighted by molar-refractivity contribution is 6.29. The van der Waals surface area contributed by atoms with E-state index >= 15 is 0 Å². The molecule has 2 rings (SSSR count). The molecule has 1 heterocycles. The molecule has 0 atom stereocenters. The molecule has 0 unspecified atom stereocenters. The first kappa shape index (κ1) is 15.9. The van der Waals surface area contributed by atoms with E-state index in [-0.39, 0.29) is 5.54 Å². The Morgan fingerprint density at radius 1 is 1.24 bits per heavy atom. The number of hydrogen-bond donors (Lipinski definition) is 1. The van der Waals surface area contributed by atoms with Crippen molar-refractivity contribution in [2.24, 2.45) is 7.05 Å². The molecule has 21 heavy (non-hydrogen) atoms. The van der Waals surface area contributed by atoms with Crippen molar-refractivity contribution in [1.29, 1.82) is 0 Å². The second-order valence-electron chi connectivity index (χ2n) is 6.09. The van der Waals surface area contributed by atoms with Crippen LogP contribution in [0.3, 0.4) is 0 Å². The molecule has 0 bridgehead atoms. The van der Waals surface area contributed by atoms with Crippen LogP contribution in [0.5, 0.6) is 5.75 Å². The van der Waals surface area contributed by atoms with Gasteiger partial charge >= 0.3 is 0 Å². The molecule has 0 amide bonds. The molecule has 5 heteroatoms. The lowest BCUT2D eigenvalue weighted by Gasteiger charge is -2.20. The van der Waals surface area contributed by atoms with Gasteiger partial charge in [0.25, 0.3) is 0 Å². The van der Waals surface area contributed by atoms with E-state index in [0.717, 1.165) is 18.1 Å². The van der Waals surface area contributed by atoms with Gasteiger partial charge < -0.3 is 14.6 Å². The van der Waals surface area contributed by atoms with E-state index in [4.69, 9.17) is 16.3 Å². The molecule has 0 aliphatic carbocycles. The van der Waals surface area contributed by atoms with Gasteiger partial charge in [0.05, 0.1) is 6.20 Å². The molecule has 0 radical (unpaired) electrons. The minimum absolute atomic E-state index is 0.118. The van der Waals surface area contributed by atoms with Gasteiger partial charge in [-0.05, 0) is 38.5 Å². The van der Waals surface area contributed by atoms with Crippen LogP contribution in [0.2, 0.25) is 5.15 Å². The van der Waals surface area contributed by atoms with Crippen LogP contribution in [-0.2, 0) is 20.2 Å². The molecule has 2 aromatic rings. The van der Waals surface area contributed by atoms with Gasteiger partial charge in [-0.2, -0.15) is 0 Å². The van der Waals surface area contributed by atoms with E-state index in [1.54, 1.807) is 6.20 Å². The summed E-state index contributed by atoms with van der Waals surface area (Å²) in [5.74, 6) is 1.63. The van der Waals surface area contributed by atoms with E-state index in [9.17, 15) is 0 Å². The smallest absolute Gasteiger partial charge is 0.147 e. The highest BCUT2D eigenvalue weighted by atomic mass is 35.5. The van der Waals surface area contributed by atoms with Gasteiger partial charge in [0.2, 0.25) is 0 Å². The van der Waals surface area contributed by atoms with Crippen LogP contribution >= 0.6 is 11.6 Å². The van der Waals surface area contributed by atoms with Crippen LogP contribution in [0.25, 0.3) is 0 Å². The SMILES string of the molecule is Cn1c(Cl)cnc1COc1ccc(CNC(C)(C)C)cc1. The number of halogens is 1. The summed E-state index contributed by atoms with van der Waals surface area (Å²) in [7, 11) is 1.87. The third-order valence-corrected chi connectivity index (χ3v) is 3.49. The number of rotatable bonds is 5. The summed E-state index contributed by atoms with van der Waals surface area (Å²) in [6.07, 6.45) is 1.63. The Morgan fingerprint density at radius 3 is 2.43 bits per heavy atom. The van der Waals surface area contributed by atoms with E-state index in [1.165, 1.54) is 5.56 Å². The molecule has 1 aromatic heterocycles. The van der Waals surface area contributed by atoms with Crippen molar-refractivity contribution >= 4 is 11.6 Å². The predicted molar refractivity (Wildman–Crippen MR) is 85.6 cm³/mol. The Kier molecular flexibility index (Phi) is 4.91. The fraction of sp³-hybridized carbons (Fsp3) is 0.438. The van der Waals surface area contributed by atoms with Gasteiger partial charge in [0.15, 0.2) is 0 Å². The Labute approximate surface area is 131 Å². The Morgan fingerprint density at radius 2 is 1.90 bits per heavy atom. The molecule has 4 nitrogen and oxygen atoms in total. The minimum Gasteiger partial charge on any atom is -0.486 e. The molecule has 0 fully saturated rings. The molecule has 0 saturated carbocycles. The van der Waals surface area contributed by atoms with Crippen molar-refractivity contribution in [3.8, 4) is 5.75 Å². The first-order chi connectivity index (χ1) is 9.85. The van der Waals surface area contributed by atoms with Gasteiger partial charge in [0, 0.05) is 19.1 Å². The molecular formula is C16H22ClN3O. The number of aromatic nitrogens is 2. The zero-order valence-corrected chi connectivity index (χ0v) is 13.7. The number of benzene rings is 1. The lowest BCUT2D eigenvalue weighted by molar-refractivity contribution is 0.291. The second kappa shape index (κ2) is 6.50. The number of nitrogens with one attached hydrogen (secondary N) is 1. The maximum atomic E-state index is 5.94. The fourth-order valence-electron chi connectivity index (χ4n) is 1.78. The normalized spacial score (nSPS) is 11.7. The van der Waals surface area contributed by atoms with E-state index in [0.29, 0.717) is 11.8 Å². The van der Waals surface area contributed by atoms with Crippen molar-refractivity contribution < 1.29 is 4.74 Å². The van der Waals surface area contributed by atoms with Crippen LogP contribution in [0.15, 0.2) is 30.5 Å². The van der Waals surface area contributed by atoms with Gasteiger partial charge in [0.1, 0.15) is 23.3 Å². The second-order valence-corrected chi connectivity index (χ2v) is 6.48. The van der Waals surface area contributed by atoms with Crippen LogP contribution < -0.4 is 10.1 Å². The maximum Gasteiger partial charge on any atom is 0.147 e. The molecule has 0 aliphatic heterocycles. The van der Waals surface area contributed by atoms with Gasteiger partial charge in [-0.1, -0.05) is 23.7 Å². The highest BCUT2D eigenvalue weighted by Crippen LogP contribution is 2.16. The van der Waals surface area contributed by atoms with E-state index < -0.39 is 0 Å². The van der Waals surface area contributed by atoms with E-state index in [1.807, 2.05) is 23.7 Å². The van der Waals surface area contributed by atoms with Gasteiger partial charge in [-0.15, -0.1) is 0 Å². The van der Waals surface area contributed by atoms with Gasteiger partial charge in [-0.25, -0.2) is 4.98 Å². The highest BCUT2D eigenvalue weighted by Gasteiger charge is 2.08. The summed E-state index contributed by atoms with van der Waals surface area (Å²) in [5, 5.41) is 4.07. The number of hydrogen-bond acceptors (Lipinski definition) is 3. The van der Waals surface area contributed by atoms with Crippen LogP contribution in [0.1, 0.15) is 32.2 Å². The molecule has 1 N–H and O–H groups in total. The Hall–Kier alpha value is -1.52. The zero-order chi connectivity index (χ0) is 15.5. The van der Waals surface area contributed by atoms with Crippen molar-refractivity contribution in [2.45, 2.75) is 39.5 Å². The average Bonchev–Trinajstić information content (AvgIpc) is 2.75. The molecule has 0 spiro atoms. The topological polar surface area (TPSA) is 39.1 Å². The summed E-state index contributed by atoms with van der Waals surface area (Å²) in [6, 6.07) is 8.09. The van der Waals surface area contributed by atoms with Crippen molar-refractivity contribution in [3.63, 3.8) is 0 Å². The summed E-state index contributed by atoms with van der Waals surface area (Å²) in [5.41, 5.74) is 1.35. The first-order valence-electron chi connectivity index (χ1n) is 6.98. The Balaban J connectivity index is 1.89. The van der Waals surface area contributed by atoms with Crippen molar-refractivity contribution in [1.82, 2.24) is 14.9 Å². The molecule has 0 aliphatic rings. The minimum atomic E-state index is 0.118. The van der Waals surface area contributed by atoms with Gasteiger partial charge in [-0.3, -0.25) is 0 Å². The van der Waals surface area contributed by atoms with Crippen LogP contribution in [0, 0.1) is 0 Å². The summed E-state index contributed by atoms with van der Waals surface area (Å²) in [4.78, 5) is 4.20. The zero-order valence-electron chi connectivity index (χ0n) is 13.0. The third-order valence-electron chi connectivity index (χ3n) is 3.14. The molecular weight excluding hydrogens is 286 g/mol. The monoisotopic (exact) mass is 307 g/mol. The van der Waals surface area contributed by atoms with Crippen molar-refractivity contribution in [2.75, 3.05) is 0 Å². The summed E-state index contributed by atoms with van der Waals surface area (Å²) in [6.45, 7) is 7.72. The van der Waals surface area contributed by atoms with E-state index in [2.05, 4.69) is 43.2 Å². The third kappa shape index (κ3) is 4.76. The molecule has 114 valence electrons. The van der Waals surface area contributed by atoms with Crippen LogP contribution in [-0.4, -0.2) is 15.1 Å². The van der Waals surface area contributed by atoms with Crippen LogP contribution in [0.4, 0.5) is 0 Å². The standard InChI is InChI=1S/C16H22ClN3O/c1-16(2,3)19-9-12-5-7-13(8-6-12)21-11-15-18-10-14(17)20(15)4/h5-8,10,19H,9,11H2,1-4H3. The maximum absolute atomic E-state index is 5.94. The Bertz CT molecular complexity index is 585. The largest absolute Gasteiger partial charge is 0.486 e. The summed E-state index contributed by atoms with van der Waals surface area (Å²) >= 11 is 5.94. The lowest BCUT2D eigenvalue weighted by Crippen LogP contribution is -2.34. The molecule has 0 saturated heterocycles. The average molecular weight is 308 g/mol. The molecule has 1 aromatic carbocycles. The fourth-order valence-corrected chi connectivity index (χ4v) is 1.92. The number of ether oxygens (including phenoxy) is 1. The number of nitrogens with zero attached hydrogens (tertiary/aromatic N) is 2.